The topological polar surface area (TPSA) is 70.7 Å². The number of methoxy groups -OCH3 is 1. The zero-order valence-corrected chi connectivity index (χ0v) is 12.8. The molecular weight excluding hydrogens is 258 g/mol. The standard InChI is InChI=1S/C14H27N3O3/c1-4-6-14(7-5-8-16-14)13(19)17(2)11-12(18)15-9-10-20-3/h16H,4-11H2,1-3H3,(H,15,18). The van der Waals surface area contributed by atoms with Gasteiger partial charge in [-0.1, -0.05) is 13.3 Å². The fourth-order valence-corrected chi connectivity index (χ4v) is 2.74. The number of hydrogen-bond donors (Lipinski definition) is 2. The number of carbonyl (C=O) groups excluding carboxylic acids is 2. The Morgan fingerprint density at radius 1 is 1.45 bits per heavy atom. The molecular formula is C14H27N3O3. The summed E-state index contributed by atoms with van der Waals surface area (Å²) >= 11 is 0. The predicted molar refractivity (Wildman–Crippen MR) is 77.4 cm³/mol. The lowest BCUT2D eigenvalue weighted by Crippen LogP contribution is -2.55. The fourth-order valence-electron chi connectivity index (χ4n) is 2.74. The number of nitrogens with zero attached hydrogens (tertiary/aromatic N) is 1. The van der Waals surface area contributed by atoms with Gasteiger partial charge in [0.15, 0.2) is 0 Å². The molecule has 1 rings (SSSR count). The van der Waals surface area contributed by atoms with Crippen molar-refractivity contribution in [2.24, 2.45) is 0 Å². The Kier molecular flexibility index (Phi) is 6.95. The summed E-state index contributed by atoms with van der Waals surface area (Å²) in [5.74, 6) is -0.124. The Morgan fingerprint density at radius 2 is 2.20 bits per heavy atom. The van der Waals surface area contributed by atoms with E-state index < -0.39 is 5.54 Å². The monoisotopic (exact) mass is 285 g/mol. The second kappa shape index (κ2) is 8.21. The van der Waals surface area contributed by atoms with Crippen molar-refractivity contribution in [1.82, 2.24) is 15.5 Å². The first kappa shape index (κ1) is 16.9. The molecule has 1 aliphatic rings. The summed E-state index contributed by atoms with van der Waals surface area (Å²) in [6.07, 6.45) is 3.64. The molecule has 1 heterocycles. The van der Waals surface area contributed by atoms with Crippen LogP contribution in [0.2, 0.25) is 0 Å². The van der Waals surface area contributed by atoms with Crippen molar-refractivity contribution in [2.75, 3.05) is 40.4 Å². The molecule has 116 valence electrons. The van der Waals surface area contributed by atoms with Crippen LogP contribution < -0.4 is 10.6 Å². The van der Waals surface area contributed by atoms with Crippen LogP contribution in [0.15, 0.2) is 0 Å². The third kappa shape index (κ3) is 4.45. The van der Waals surface area contributed by atoms with E-state index in [1.807, 2.05) is 0 Å². The van der Waals surface area contributed by atoms with Gasteiger partial charge in [0, 0.05) is 20.7 Å². The smallest absolute Gasteiger partial charge is 0.243 e. The van der Waals surface area contributed by atoms with E-state index >= 15 is 0 Å². The van der Waals surface area contributed by atoms with Crippen LogP contribution in [0.4, 0.5) is 0 Å². The van der Waals surface area contributed by atoms with E-state index in [2.05, 4.69) is 17.6 Å². The summed E-state index contributed by atoms with van der Waals surface area (Å²) in [6.45, 7) is 3.99. The molecule has 0 spiro atoms. The molecule has 1 aliphatic heterocycles. The number of rotatable bonds is 8. The van der Waals surface area contributed by atoms with E-state index in [1.54, 1.807) is 14.2 Å². The molecule has 1 atom stereocenters. The first-order valence-corrected chi connectivity index (χ1v) is 7.32. The van der Waals surface area contributed by atoms with E-state index in [0.717, 1.165) is 32.2 Å². The molecule has 2 amide bonds. The average molecular weight is 285 g/mol. The van der Waals surface area contributed by atoms with Gasteiger partial charge in [0.2, 0.25) is 11.8 Å². The summed E-state index contributed by atoms with van der Waals surface area (Å²) in [7, 11) is 3.28. The summed E-state index contributed by atoms with van der Waals surface area (Å²) in [6, 6.07) is 0. The van der Waals surface area contributed by atoms with Gasteiger partial charge in [0.25, 0.3) is 0 Å². The summed E-state index contributed by atoms with van der Waals surface area (Å²) < 4.78 is 4.87. The molecule has 0 aromatic carbocycles. The molecule has 6 heteroatoms. The van der Waals surface area contributed by atoms with Gasteiger partial charge in [-0.05, 0) is 25.8 Å². The highest BCUT2D eigenvalue weighted by molar-refractivity contribution is 5.90. The number of amides is 2. The first-order valence-electron chi connectivity index (χ1n) is 7.32. The molecule has 0 bridgehead atoms. The van der Waals surface area contributed by atoms with Gasteiger partial charge in [-0.15, -0.1) is 0 Å². The van der Waals surface area contributed by atoms with Crippen LogP contribution in [-0.4, -0.2) is 62.7 Å². The SMILES string of the molecule is CCCC1(C(=O)N(C)CC(=O)NCCOC)CCCN1. The summed E-state index contributed by atoms with van der Waals surface area (Å²) in [5, 5.41) is 6.06. The Bertz CT molecular complexity index is 328. The Morgan fingerprint density at radius 3 is 2.75 bits per heavy atom. The van der Waals surface area contributed by atoms with E-state index in [-0.39, 0.29) is 18.4 Å². The molecule has 0 aromatic rings. The van der Waals surface area contributed by atoms with Crippen molar-refractivity contribution in [3.8, 4) is 0 Å². The van der Waals surface area contributed by atoms with E-state index in [1.165, 1.54) is 4.90 Å². The number of nitrogens with one attached hydrogen (secondary N) is 2. The molecule has 0 aliphatic carbocycles. The molecule has 0 radical (unpaired) electrons. The minimum absolute atomic E-state index is 0.0266. The Hall–Kier alpha value is -1.14. The zero-order valence-electron chi connectivity index (χ0n) is 12.8. The van der Waals surface area contributed by atoms with Gasteiger partial charge in [-0.3, -0.25) is 9.59 Å². The van der Waals surface area contributed by atoms with Crippen molar-refractivity contribution in [3.05, 3.63) is 0 Å². The minimum Gasteiger partial charge on any atom is -0.383 e. The number of hydrogen-bond acceptors (Lipinski definition) is 4. The van der Waals surface area contributed by atoms with E-state index in [0.29, 0.717) is 13.2 Å². The van der Waals surface area contributed by atoms with Crippen molar-refractivity contribution in [2.45, 2.75) is 38.1 Å². The van der Waals surface area contributed by atoms with Crippen LogP contribution in [-0.2, 0) is 14.3 Å². The van der Waals surface area contributed by atoms with Gasteiger partial charge >= 0.3 is 0 Å². The lowest BCUT2D eigenvalue weighted by Gasteiger charge is -2.32. The van der Waals surface area contributed by atoms with Crippen LogP contribution in [0, 0.1) is 0 Å². The summed E-state index contributed by atoms with van der Waals surface area (Å²) in [4.78, 5) is 25.8. The van der Waals surface area contributed by atoms with Gasteiger partial charge in [-0.2, -0.15) is 0 Å². The Labute approximate surface area is 121 Å². The third-order valence-corrected chi connectivity index (χ3v) is 3.69. The van der Waals surface area contributed by atoms with Crippen molar-refractivity contribution < 1.29 is 14.3 Å². The molecule has 1 unspecified atom stereocenters. The molecule has 2 N–H and O–H groups in total. The van der Waals surface area contributed by atoms with Crippen molar-refractivity contribution in [3.63, 3.8) is 0 Å². The molecule has 1 saturated heterocycles. The third-order valence-electron chi connectivity index (χ3n) is 3.69. The molecule has 6 nitrogen and oxygen atoms in total. The number of ether oxygens (including phenoxy) is 1. The van der Waals surface area contributed by atoms with Crippen LogP contribution in [0.3, 0.4) is 0 Å². The average Bonchev–Trinajstić information content (AvgIpc) is 2.88. The fraction of sp³-hybridized carbons (Fsp3) is 0.857. The van der Waals surface area contributed by atoms with Crippen LogP contribution in [0.1, 0.15) is 32.6 Å². The lowest BCUT2D eigenvalue weighted by atomic mass is 9.90. The van der Waals surface area contributed by atoms with Gasteiger partial charge in [0.1, 0.15) is 0 Å². The second-order valence-corrected chi connectivity index (χ2v) is 5.37. The molecule has 20 heavy (non-hydrogen) atoms. The first-order chi connectivity index (χ1) is 9.55. The van der Waals surface area contributed by atoms with Gasteiger partial charge in [0.05, 0.1) is 18.7 Å². The maximum atomic E-state index is 12.6. The number of carbonyl (C=O) groups is 2. The quantitative estimate of drug-likeness (QED) is 0.622. The minimum atomic E-state index is -0.462. The molecule has 0 saturated carbocycles. The van der Waals surface area contributed by atoms with E-state index in [4.69, 9.17) is 4.74 Å². The van der Waals surface area contributed by atoms with Crippen LogP contribution in [0.5, 0.6) is 0 Å². The van der Waals surface area contributed by atoms with Gasteiger partial charge in [-0.25, -0.2) is 0 Å². The van der Waals surface area contributed by atoms with Crippen molar-refractivity contribution >= 4 is 11.8 Å². The second-order valence-electron chi connectivity index (χ2n) is 5.37. The predicted octanol–water partition coefficient (Wildman–Crippen LogP) is 0.130. The molecule has 1 fully saturated rings. The summed E-state index contributed by atoms with van der Waals surface area (Å²) in [5.41, 5.74) is -0.462. The highest BCUT2D eigenvalue weighted by Gasteiger charge is 2.41. The Balaban J connectivity index is 2.50. The zero-order chi connectivity index (χ0) is 15.0. The normalized spacial score (nSPS) is 21.8. The largest absolute Gasteiger partial charge is 0.383 e. The molecule has 0 aromatic heterocycles. The lowest BCUT2D eigenvalue weighted by molar-refractivity contribution is -0.140. The highest BCUT2D eigenvalue weighted by atomic mass is 16.5. The number of likely N-dealkylation sites (N-methyl/N-ethyl adjacent to an activating group) is 1. The maximum absolute atomic E-state index is 12.6. The highest BCUT2D eigenvalue weighted by Crippen LogP contribution is 2.26. The van der Waals surface area contributed by atoms with Crippen LogP contribution in [0.25, 0.3) is 0 Å². The van der Waals surface area contributed by atoms with Crippen LogP contribution >= 0.6 is 0 Å². The van der Waals surface area contributed by atoms with Gasteiger partial charge < -0.3 is 20.3 Å². The van der Waals surface area contributed by atoms with Crippen molar-refractivity contribution in [1.29, 1.82) is 0 Å². The van der Waals surface area contributed by atoms with E-state index in [9.17, 15) is 9.59 Å². The maximum Gasteiger partial charge on any atom is 0.243 e.